The third-order valence-electron chi connectivity index (χ3n) is 1.55. The molecule has 1 saturated carbocycles. The fourth-order valence-corrected chi connectivity index (χ4v) is 1.42. The molecule has 0 aromatic rings. The van der Waals surface area contributed by atoms with Gasteiger partial charge >= 0.3 is 0 Å². The molecule has 0 aliphatic heterocycles. The van der Waals surface area contributed by atoms with Crippen molar-refractivity contribution in [1.29, 1.82) is 0 Å². The highest BCUT2D eigenvalue weighted by atomic mass is 35.5. The monoisotopic (exact) mass is 136 g/mol. The molecule has 2 atom stereocenters. The van der Waals surface area contributed by atoms with E-state index in [1.807, 2.05) is 0 Å². The SMILES string of the molecule is F[C@H]1CCC[C@H](Cl)C1. The third kappa shape index (κ3) is 1.62. The minimum Gasteiger partial charge on any atom is -0.247 e. The van der Waals surface area contributed by atoms with E-state index in [1.165, 1.54) is 0 Å². The van der Waals surface area contributed by atoms with E-state index < -0.39 is 6.17 Å². The lowest BCUT2D eigenvalue weighted by molar-refractivity contribution is 0.254. The van der Waals surface area contributed by atoms with Crippen molar-refractivity contribution in [2.45, 2.75) is 37.2 Å². The fourth-order valence-electron chi connectivity index (χ4n) is 1.07. The van der Waals surface area contributed by atoms with Crippen LogP contribution in [0.3, 0.4) is 0 Å². The van der Waals surface area contributed by atoms with Gasteiger partial charge in [0.2, 0.25) is 0 Å². The summed E-state index contributed by atoms with van der Waals surface area (Å²) in [5.41, 5.74) is 0. The van der Waals surface area contributed by atoms with Crippen molar-refractivity contribution in [2.75, 3.05) is 0 Å². The second-order valence-electron chi connectivity index (χ2n) is 2.36. The van der Waals surface area contributed by atoms with Crippen molar-refractivity contribution >= 4 is 11.6 Å². The summed E-state index contributed by atoms with van der Waals surface area (Å²) in [6.45, 7) is 0. The van der Waals surface area contributed by atoms with E-state index in [2.05, 4.69) is 0 Å². The Kier molecular flexibility index (Phi) is 2.12. The van der Waals surface area contributed by atoms with Crippen molar-refractivity contribution in [3.63, 3.8) is 0 Å². The number of alkyl halides is 2. The normalized spacial score (nSPS) is 39.8. The van der Waals surface area contributed by atoms with Crippen LogP contribution in [0.5, 0.6) is 0 Å². The summed E-state index contributed by atoms with van der Waals surface area (Å²) in [5, 5.41) is 0.110. The minimum absolute atomic E-state index is 0.110. The maximum atomic E-state index is 12.3. The summed E-state index contributed by atoms with van der Waals surface area (Å²) < 4.78 is 12.3. The maximum Gasteiger partial charge on any atom is 0.102 e. The summed E-state index contributed by atoms with van der Waals surface area (Å²) in [5.74, 6) is 0. The minimum atomic E-state index is -0.619. The van der Waals surface area contributed by atoms with Crippen LogP contribution in [-0.2, 0) is 0 Å². The zero-order valence-electron chi connectivity index (χ0n) is 4.74. The molecule has 0 amide bonds. The molecule has 48 valence electrons. The standard InChI is InChI=1S/C6H10ClF/c7-5-2-1-3-6(8)4-5/h5-6H,1-4H2/t5-,6-/m0/s1. The molecule has 0 radical (unpaired) electrons. The summed E-state index contributed by atoms with van der Waals surface area (Å²) >= 11 is 5.67. The van der Waals surface area contributed by atoms with Crippen LogP contribution in [0, 0.1) is 0 Å². The Bertz CT molecular complexity index is 66.9. The van der Waals surface area contributed by atoms with Crippen molar-refractivity contribution in [3.05, 3.63) is 0 Å². The summed E-state index contributed by atoms with van der Waals surface area (Å²) in [6, 6.07) is 0. The number of hydrogen-bond donors (Lipinski definition) is 0. The Labute approximate surface area is 54.0 Å². The number of hydrogen-bond acceptors (Lipinski definition) is 0. The molecule has 1 fully saturated rings. The molecule has 1 aliphatic rings. The quantitative estimate of drug-likeness (QED) is 0.449. The van der Waals surface area contributed by atoms with Gasteiger partial charge in [-0.05, 0) is 25.7 Å². The van der Waals surface area contributed by atoms with E-state index in [0.29, 0.717) is 6.42 Å². The van der Waals surface area contributed by atoms with Gasteiger partial charge < -0.3 is 0 Å². The summed E-state index contributed by atoms with van der Waals surface area (Å²) in [6.07, 6.45) is 2.65. The lowest BCUT2D eigenvalue weighted by atomic mass is 9.99. The van der Waals surface area contributed by atoms with Gasteiger partial charge in [-0.2, -0.15) is 0 Å². The van der Waals surface area contributed by atoms with Gasteiger partial charge in [-0.3, -0.25) is 0 Å². The molecule has 8 heavy (non-hydrogen) atoms. The van der Waals surface area contributed by atoms with Crippen molar-refractivity contribution < 1.29 is 4.39 Å². The van der Waals surface area contributed by atoms with Gasteiger partial charge in [0.1, 0.15) is 6.17 Å². The summed E-state index contributed by atoms with van der Waals surface area (Å²) in [7, 11) is 0. The largest absolute Gasteiger partial charge is 0.247 e. The van der Waals surface area contributed by atoms with Crippen LogP contribution in [0.25, 0.3) is 0 Å². The Hall–Kier alpha value is 0.220. The second-order valence-corrected chi connectivity index (χ2v) is 2.98. The van der Waals surface area contributed by atoms with Crippen LogP contribution in [0.4, 0.5) is 4.39 Å². The molecule has 0 aromatic heterocycles. The fraction of sp³-hybridized carbons (Fsp3) is 1.00. The van der Waals surface area contributed by atoms with Gasteiger partial charge in [0, 0.05) is 5.38 Å². The van der Waals surface area contributed by atoms with Crippen LogP contribution in [-0.4, -0.2) is 11.5 Å². The predicted molar refractivity (Wildman–Crippen MR) is 33.0 cm³/mol. The molecule has 0 heterocycles. The third-order valence-corrected chi connectivity index (χ3v) is 1.94. The molecular weight excluding hydrogens is 127 g/mol. The first-order chi connectivity index (χ1) is 3.79. The van der Waals surface area contributed by atoms with E-state index in [4.69, 9.17) is 11.6 Å². The van der Waals surface area contributed by atoms with Crippen LogP contribution in [0.1, 0.15) is 25.7 Å². The topological polar surface area (TPSA) is 0 Å². The first-order valence-electron chi connectivity index (χ1n) is 3.07. The molecule has 0 aromatic carbocycles. The number of rotatable bonds is 0. The first-order valence-corrected chi connectivity index (χ1v) is 3.51. The van der Waals surface area contributed by atoms with Gasteiger partial charge in [0.25, 0.3) is 0 Å². The molecule has 0 spiro atoms. The Morgan fingerprint density at radius 1 is 1.38 bits per heavy atom. The van der Waals surface area contributed by atoms with Gasteiger partial charge in [-0.1, -0.05) is 0 Å². The zero-order valence-corrected chi connectivity index (χ0v) is 5.49. The molecule has 0 bridgehead atoms. The van der Waals surface area contributed by atoms with Crippen LogP contribution in [0.15, 0.2) is 0 Å². The van der Waals surface area contributed by atoms with Crippen molar-refractivity contribution in [1.82, 2.24) is 0 Å². The Morgan fingerprint density at radius 2 is 2.12 bits per heavy atom. The lowest BCUT2D eigenvalue weighted by Crippen LogP contribution is -2.15. The molecule has 1 aliphatic carbocycles. The molecule has 0 nitrogen and oxygen atoms in total. The zero-order chi connectivity index (χ0) is 5.98. The van der Waals surface area contributed by atoms with E-state index in [-0.39, 0.29) is 5.38 Å². The first kappa shape index (κ1) is 6.34. The predicted octanol–water partition coefficient (Wildman–Crippen LogP) is 2.51. The van der Waals surface area contributed by atoms with E-state index in [9.17, 15) is 4.39 Å². The van der Waals surface area contributed by atoms with Crippen LogP contribution >= 0.6 is 11.6 Å². The summed E-state index contributed by atoms with van der Waals surface area (Å²) in [4.78, 5) is 0. The molecule has 0 saturated heterocycles. The number of halogens is 2. The van der Waals surface area contributed by atoms with Gasteiger partial charge in [-0.25, -0.2) is 4.39 Å². The molecular formula is C6H10ClF. The van der Waals surface area contributed by atoms with Gasteiger partial charge in [0.05, 0.1) is 0 Å². The smallest absolute Gasteiger partial charge is 0.102 e. The van der Waals surface area contributed by atoms with Crippen molar-refractivity contribution in [2.24, 2.45) is 0 Å². The van der Waals surface area contributed by atoms with Crippen molar-refractivity contribution in [3.8, 4) is 0 Å². The Morgan fingerprint density at radius 3 is 2.50 bits per heavy atom. The van der Waals surface area contributed by atoms with Crippen LogP contribution < -0.4 is 0 Å². The second kappa shape index (κ2) is 2.67. The molecule has 2 heteroatoms. The van der Waals surface area contributed by atoms with Gasteiger partial charge in [0.15, 0.2) is 0 Å². The average molecular weight is 137 g/mol. The molecule has 0 unspecified atom stereocenters. The molecule has 0 N–H and O–H groups in total. The van der Waals surface area contributed by atoms with E-state index in [1.54, 1.807) is 0 Å². The highest BCUT2D eigenvalue weighted by molar-refractivity contribution is 6.20. The lowest BCUT2D eigenvalue weighted by Gasteiger charge is -2.18. The molecule has 1 rings (SSSR count). The Balaban J connectivity index is 2.23. The maximum absolute atomic E-state index is 12.3. The van der Waals surface area contributed by atoms with Crippen LogP contribution in [0.2, 0.25) is 0 Å². The highest BCUT2D eigenvalue weighted by Crippen LogP contribution is 2.24. The van der Waals surface area contributed by atoms with E-state index in [0.717, 1.165) is 19.3 Å². The average Bonchev–Trinajstić information content (AvgIpc) is 1.64. The highest BCUT2D eigenvalue weighted by Gasteiger charge is 2.18. The van der Waals surface area contributed by atoms with Gasteiger partial charge in [-0.15, -0.1) is 11.6 Å². The van der Waals surface area contributed by atoms with E-state index >= 15 is 0 Å².